The van der Waals surface area contributed by atoms with Gasteiger partial charge in [-0.1, -0.05) is 54.1 Å². The predicted molar refractivity (Wildman–Crippen MR) is 119 cm³/mol. The van der Waals surface area contributed by atoms with E-state index in [0.717, 1.165) is 34.0 Å². The molecule has 4 heteroatoms. The molecule has 144 valence electrons. The molecule has 0 bridgehead atoms. The lowest BCUT2D eigenvalue weighted by molar-refractivity contribution is 0.415. The van der Waals surface area contributed by atoms with Crippen LogP contribution in [0.25, 0.3) is 28.2 Å². The molecule has 0 radical (unpaired) electrons. The molecule has 0 N–H and O–H groups in total. The molecule has 0 fully saturated rings. The Hall–Kier alpha value is -3.30. The van der Waals surface area contributed by atoms with Crippen molar-refractivity contribution in [1.82, 2.24) is 4.57 Å². The minimum absolute atomic E-state index is 0.0158. The van der Waals surface area contributed by atoms with E-state index in [1.807, 2.05) is 85.8 Å². The maximum atomic E-state index is 12.9. The molecule has 0 aliphatic carbocycles. The van der Waals surface area contributed by atoms with Crippen LogP contribution < -0.4 is 10.2 Å². The Kier molecular flexibility index (Phi) is 5.24. The van der Waals surface area contributed by atoms with Crippen molar-refractivity contribution in [2.45, 2.75) is 6.92 Å². The van der Waals surface area contributed by atoms with Crippen LogP contribution in [0.3, 0.4) is 0 Å². The highest BCUT2D eigenvalue weighted by Gasteiger charge is 2.18. The molecule has 0 saturated heterocycles. The molecular formula is C25H20ClNO2. The number of para-hydroxylation sites is 1. The van der Waals surface area contributed by atoms with E-state index in [-0.39, 0.29) is 5.43 Å². The molecular weight excluding hydrogens is 382 g/mol. The number of aromatic nitrogens is 1. The number of pyridine rings is 1. The van der Waals surface area contributed by atoms with E-state index < -0.39 is 0 Å². The first kappa shape index (κ1) is 19.0. The summed E-state index contributed by atoms with van der Waals surface area (Å²) < 4.78 is 7.36. The Morgan fingerprint density at radius 2 is 1.48 bits per heavy atom. The zero-order chi connectivity index (χ0) is 20.4. The standard InChI is InChI=1S/C25H20ClNO2/c1-17-24(28)16-23(18-8-4-3-5-9-18)27(22-11-7-6-10-21(22)26)25(17)19-12-14-20(29-2)15-13-19/h3-16H,1-2H3. The third-order valence-corrected chi connectivity index (χ3v) is 5.30. The summed E-state index contributed by atoms with van der Waals surface area (Å²) in [7, 11) is 1.63. The number of nitrogens with zero attached hydrogens (tertiary/aromatic N) is 1. The average Bonchev–Trinajstić information content (AvgIpc) is 2.76. The number of hydrogen-bond acceptors (Lipinski definition) is 2. The van der Waals surface area contributed by atoms with Crippen LogP contribution >= 0.6 is 11.6 Å². The monoisotopic (exact) mass is 401 g/mol. The Labute approximate surface area is 174 Å². The fraction of sp³-hybridized carbons (Fsp3) is 0.0800. The van der Waals surface area contributed by atoms with Crippen molar-refractivity contribution in [1.29, 1.82) is 0 Å². The molecule has 0 atom stereocenters. The van der Waals surface area contributed by atoms with Gasteiger partial charge in [-0.15, -0.1) is 0 Å². The third-order valence-electron chi connectivity index (χ3n) is 4.98. The second-order valence-corrected chi connectivity index (χ2v) is 7.16. The highest BCUT2D eigenvalue weighted by Crippen LogP contribution is 2.34. The van der Waals surface area contributed by atoms with Crippen LogP contribution in [0, 0.1) is 6.92 Å². The van der Waals surface area contributed by atoms with Gasteiger partial charge in [-0.3, -0.25) is 4.79 Å². The molecule has 3 nitrogen and oxygen atoms in total. The van der Waals surface area contributed by atoms with Gasteiger partial charge in [-0.25, -0.2) is 0 Å². The zero-order valence-corrected chi connectivity index (χ0v) is 17.0. The number of halogens is 1. The summed E-state index contributed by atoms with van der Waals surface area (Å²) in [5.74, 6) is 0.761. The molecule has 4 aromatic rings. The van der Waals surface area contributed by atoms with Gasteiger partial charge in [0.1, 0.15) is 5.75 Å². The normalized spacial score (nSPS) is 10.7. The van der Waals surface area contributed by atoms with Crippen LogP contribution in [-0.4, -0.2) is 11.7 Å². The van der Waals surface area contributed by atoms with Gasteiger partial charge in [-0.2, -0.15) is 0 Å². The van der Waals surface area contributed by atoms with Gasteiger partial charge in [0.05, 0.1) is 29.2 Å². The molecule has 1 aromatic heterocycles. The van der Waals surface area contributed by atoms with Crippen LogP contribution in [0.5, 0.6) is 5.75 Å². The number of benzene rings is 3. The maximum Gasteiger partial charge on any atom is 0.185 e. The lowest BCUT2D eigenvalue weighted by Crippen LogP contribution is -2.16. The van der Waals surface area contributed by atoms with E-state index in [2.05, 4.69) is 4.57 Å². The van der Waals surface area contributed by atoms with Gasteiger partial charge in [0, 0.05) is 11.6 Å². The largest absolute Gasteiger partial charge is 0.497 e. The molecule has 29 heavy (non-hydrogen) atoms. The molecule has 0 aliphatic rings. The van der Waals surface area contributed by atoms with E-state index >= 15 is 0 Å². The molecule has 0 unspecified atom stereocenters. The Balaban J connectivity index is 2.12. The van der Waals surface area contributed by atoms with Crippen molar-refractivity contribution in [3.8, 4) is 34.0 Å². The number of methoxy groups -OCH3 is 1. The molecule has 0 aliphatic heterocycles. The Bertz CT molecular complexity index is 1210. The first-order chi connectivity index (χ1) is 14.1. The van der Waals surface area contributed by atoms with Gasteiger partial charge in [-0.05, 0) is 54.4 Å². The van der Waals surface area contributed by atoms with Gasteiger partial charge in [0.15, 0.2) is 5.43 Å². The van der Waals surface area contributed by atoms with E-state index in [4.69, 9.17) is 16.3 Å². The summed E-state index contributed by atoms with van der Waals surface area (Å²) in [6, 6.07) is 26.9. The van der Waals surface area contributed by atoms with Crippen LogP contribution in [0.4, 0.5) is 0 Å². The summed E-state index contributed by atoms with van der Waals surface area (Å²) in [6.45, 7) is 1.85. The van der Waals surface area contributed by atoms with Gasteiger partial charge < -0.3 is 9.30 Å². The van der Waals surface area contributed by atoms with Crippen LogP contribution in [0.2, 0.25) is 5.02 Å². The fourth-order valence-corrected chi connectivity index (χ4v) is 3.72. The SMILES string of the molecule is COc1ccc(-c2c(C)c(=O)cc(-c3ccccc3)n2-c2ccccc2Cl)cc1. The van der Waals surface area contributed by atoms with Crippen LogP contribution in [0.1, 0.15) is 5.56 Å². The highest BCUT2D eigenvalue weighted by atomic mass is 35.5. The van der Waals surface area contributed by atoms with Gasteiger partial charge in [0.25, 0.3) is 0 Å². The predicted octanol–water partition coefficient (Wildman–Crippen LogP) is 6.14. The van der Waals surface area contributed by atoms with Crippen molar-refractivity contribution in [2.75, 3.05) is 7.11 Å². The summed E-state index contributed by atoms with van der Waals surface area (Å²) in [4.78, 5) is 12.9. The zero-order valence-electron chi connectivity index (χ0n) is 16.2. The maximum absolute atomic E-state index is 12.9. The lowest BCUT2D eigenvalue weighted by atomic mass is 10.0. The first-order valence-corrected chi connectivity index (χ1v) is 9.69. The van der Waals surface area contributed by atoms with Gasteiger partial charge in [0.2, 0.25) is 0 Å². The molecule has 0 amide bonds. The van der Waals surface area contributed by atoms with Crippen LogP contribution in [-0.2, 0) is 0 Å². The van der Waals surface area contributed by atoms with Crippen molar-refractivity contribution < 1.29 is 4.74 Å². The van der Waals surface area contributed by atoms with Crippen molar-refractivity contribution >= 4 is 11.6 Å². The number of rotatable bonds is 4. The molecule has 0 saturated carbocycles. The Morgan fingerprint density at radius 1 is 0.828 bits per heavy atom. The summed E-state index contributed by atoms with van der Waals surface area (Å²) >= 11 is 6.60. The summed E-state index contributed by atoms with van der Waals surface area (Å²) in [5, 5.41) is 0.613. The van der Waals surface area contributed by atoms with E-state index in [1.54, 1.807) is 13.2 Å². The van der Waals surface area contributed by atoms with Crippen LogP contribution in [0.15, 0.2) is 89.7 Å². The molecule has 3 aromatic carbocycles. The first-order valence-electron chi connectivity index (χ1n) is 9.31. The third kappa shape index (κ3) is 3.57. The molecule has 1 heterocycles. The number of ether oxygens (including phenoxy) is 1. The van der Waals surface area contributed by atoms with Crippen molar-refractivity contribution in [3.05, 3.63) is 106 Å². The van der Waals surface area contributed by atoms with Crippen molar-refractivity contribution in [2.24, 2.45) is 0 Å². The van der Waals surface area contributed by atoms with Gasteiger partial charge >= 0.3 is 0 Å². The molecule has 4 rings (SSSR count). The van der Waals surface area contributed by atoms with E-state index in [9.17, 15) is 4.79 Å². The fourth-order valence-electron chi connectivity index (χ4n) is 3.50. The lowest BCUT2D eigenvalue weighted by Gasteiger charge is -2.22. The second-order valence-electron chi connectivity index (χ2n) is 6.75. The van der Waals surface area contributed by atoms with E-state index in [0.29, 0.717) is 10.6 Å². The number of hydrogen-bond donors (Lipinski definition) is 0. The topological polar surface area (TPSA) is 31.2 Å². The average molecular weight is 402 g/mol. The molecule has 0 spiro atoms. The van der Waals surface area contributed by atoms with E-state index in [1.165, 1.54) is 0 Å². The minimum Gasteiger partial charge on any atom is -0.497 e. The minimum atomic E-state index is -0.0158. The highest BCUT2D eigenvalue weighted by molar-refractivity contribution is 6.32. The summed E-state index contributed by atoms with van der Waals surface area (Å²) in [6.07, 6.45) is 0. The Morgan fingerprint density at radius 3 is 2.14 bits per heavy atom. The smallest absolute Gasteiger partial charge is 0.185 e. The summed E-state index contributed by atoms with van der Waals surface area (Å²) in [5.41, 5.74) is 4.93. The second kappa shape index (κ2) is 7.98. The quantitative estimate of drug-likeness (QED) is 0.411. The van der Waals surface area contributed by atoms with Crippen molar-refractivity contribution in [3.63, 3.8) is 0 Å².